The maximum atomic E-state index is 12.6. The number of esters is 2. The highest BCUT2D eigenvalue weighted by atomic mass is 19.1. The Morgan fingerprint density at radius 2 is 2.00 bits per heavy atom. The first-order valence-electron chi connectivity index (χ1n) is 3.71. The maximum Gasteiger partial charge on any atom is 0.417 e. The second-order valence-electron chi connectivity index (χ2n) is 2.13. The fourth-order valence-corrected chi connectivity index (χ4v) is 0.557. The molecule has 0 saturated heterocycles. The molecule has 0 aliphatic carbocycles. The number of rotatable bonds is 3. The fourth-order valence-electron chi connectivity index (χ4n) is 0.557. The van der Waals surface area contributed by atoms with E-state index >= 15 is 0 Å². The van der Waals surface area contributed by atoms with Gasteiger partial charge in [0.1, 0.15) is 12.4 Å². The molecule has 0 aliphatic heterocycles. The molecule has 0 atom stereocenters. The number of halogens is 1. The Balaban J connectivity index is 3.83. The average Bonchev–Trinajstić information content (AvgIpc) is 2.13. The summed E-state index contributed by atoms with van der Waals surface area (Å²) in [6.07, 6.45) is 1.76. The van der Waals surface area contributed by atoms with Gasteiger partial charge in [-0.15, -0.1) is 0 Å². The lowest BCUT2D eigenvalue weighted by atomic mass is 10.4. The largest absolute Gasteiger partial charge is 0.461 e. The van der Waals surface area contributed by atoms with E-state index in [1.54, 1.807) is 6.92 Å². The smallest absolute Gasteiger partial charge is 0.417 e. The summed E-state index contributed by atoms with van der Waals surface area (Å²) in [6, 6.07) is 0. The average molecular weight is 190 g/mol. The third-order valence-electron chi connectivity index (χ3n) is 1.12. The van der Waals surface area contributed by atoms with Crippen LogP contribution in [0.1, 0.15) is 13.3 Å². The molecule has 0 fully saturated rings. The topological polar surface area (TPSA) is 52.6 Å². The van der Waals surface area contributed by atoms with Crippen molar-refractivity contribution in [3.8, 4) is 0 Å². The Hall–Kier alpha value is -1.39. The van der Waals surface area contributed by atoms with Crippen LogP contribution in [0.5, 0.6) is 0 Å². The number of carbonyl (C=O) groups excluding carboxylic acids is 2. The first-order chi connectivity index (χ1) is 6.11. The van der Waals surface area contributed by atoms with Crippen LogP contribution in [0.25, 0.3) is 0 Å². The van der Waals surface area contributed by atoms with Crippen molar-refractivity contribution in [3.05, 3.63) is 11.9 Å². The summed E-state index contributed by atoms with van der Waals surface area (Å²) in [5, 5.41) is 0. The highest BCUT2D eigenvalue weighted by Crippen LogP contribution is 1.99. The minimum absolute atomic E-state index is 0.502. The number of carbonyl (C=O) groups is 2. The predicted octanol–water partition coefficient (Wildman–Crippen LogP) is 0.966. The van der Waals surface area contributed by atoms with Gasteiger partial charge < -0.3 is 9.47 Å². The highest BCUT2D eigenvalue weighted by molar-refractivity contribution is 6.29. The van der Waals surface area contributed by atoms with Crippen molar-refractivity contribution >= 4 is 11.9 Å². The quantitative estimate of drug-likeness (QED) is 0.491. The molecular weight excluding hydrogens is 179 g/mol. The van der Waals surface area contributed by atoms with Crippen LogP contribution in [0.15, 0.2) is 11.9 Å². The molecule has 0 aromatic carbocycles. The van der Waals surface area contributed by atoms with Gasteiger partial charge in [0, 0.05) is 0 Å². The minimum Gasteiger partial charge on any atom is -0.461 e. The van der Waals surface area contributed by atoms with Crippen LogP contribution in [0.4, 0.5) is 4.39 Å². The van der Waals surface area contributed by atoms with E-state index in [2.05, 4.69) is 9.47 Å². The molecular formula is C8H11FO4. The molecule has 74 valence electrons. The maximum absolute atomic E-state index is 12.6. The number of ether oxygens (including phenoxy) is 2. The summed E-state index contributed by atoms with van der Waals surface area (Å²) in [6.45, 7) is 1.21. The molecule has 0 aliphatic rings. The van der Waals surface area contributed by atoms with E-state index in [1.165, 1.54) is 6.08 Å². The van der Waals surface area contributed by atoms with E-state index in [1.807, 2.05) is 0 Å². The molecule has 0 spiro atoms. The molecule has 0 aromatic rings. The minimum atomic E-state index is -1.19. The Kier molecular flexibility index (Phi) is 5.50. The summed E-state index contributed by atoms with van der Waals surface area (Å²) in [5.41, 5.74) is 0. The van der Waals surface area contributed by atoms with Crippen molar-refractivity contribution in [3.63, 3.8) is 0 Å². The SMILES string of the molecule is CCC=C(F)COC(=O)C(=O)OC. The van der Waals surface area contributed by atoms with Crippen LogP contribution in [-0.2, 0) is 19.1 Å². The van der Waals surface area contributed by atoms with E-state index in [-0.39, 0.29) is 0 Å². The Bertz CT molecular complexity index is 222. The lowest BCUT2D eigenvalue weighted by Crippen LogP contribution is -2.19. The van der Waals surface area contributed by atoms with E-state index < -0.39 is 24.4 Å². The first kappa shape index (κ1) is 11.6. The summed E-state index contributed by atoms with van der Waals surface area (Å²) in [7, 11) is 1.04. The number of hydrogen-bond acceptors (Lipinski definition) is 4. The van der Waals surface area contributed by atoms with Crippen molar-refractivity contribution < 1.29 is 23.5 Å². The Morgan fingerprint density at radius 1 is 1.38 bits per heavy atom. The van der Waals surface area contributed by atoms with Gasteiger partial charge in [-0.25, -0.2) is 14.0 Å². The first-order valence-corrected chi connectivity index (χ1v) is 3.71. The van der Waals surface area contributed by atoms with Gasteiger partial charge in [0.05, 0.1) is 7.11 Å². The van der Waals surface area contributed by atoms with E-state index in [0.717, 1.165) is 7.11 Å². The van der Waals surface area contributed by atoms with Crippen molar-refractivity contribution in [2.45, 2.75) is 13.3 Å². The molecule has 0 rings (SSSR count). The molecule has 5 heteroatoms. The zero-order valence-electron chi connectivity index (χ0n) is 7.50. The Morgan fingerprint density at radius 3 is 2.46 bits per heavy atom. The number of allylic oxidation sites excluding steroid dienone is 1. The monoisotopic (exact) mass is 190 g/mol. The standard InChI is InChI=1S/C8H11FO4/c1-3-4-6(9)5-13-8(11)7(10)12-2/h4H,3,5H2,1-2H3. The number of methoxy groups -OCH3 is 1. The zero-order chi connectivity index (χ0) is 10.3. The molecule has 0 bridgehead atoms. The van der Waals surface area contributed by atoms with Gasteiger partial charge in [-0.1, -0.05) is 6.92 Å². The van der Waals surface area contributed by atoms with Crippen molar-refractivity contribution in [2.24, 2.45) is 0 Å². The summed E-state index contributed by atoms with van der Waals surface area (Å²) in [5.74, 6) is -2.91. The second kappa shape index (κ2) is 6.16. The van der Waals surface area contributed by atoms with Crippen LogP contribution in [0.3, 0.4) is 0 Å². The van der Waals surface area contributed by atoms with Gasteiger partial charge in [-0.3, -0.25) is 0 Å². The van der Waals surface area contributed by atoms with Crippen LogP contribution in [0.2, 0.25) is 0 Å². The van der Waals surface area contributed by atoms with E-state index in [0.29, 0.717) is 6.42 Å². The van der Waals surface area contributed by atoms with Gasteiger partial charge in [0.25, 0.3) is 0 Å². The summed E-state index contributed by atoms with van der Waals surface area (Å²) >= 11 is 0. The van der Waals surface area contributed by atoms with E-state index in [4.69, 9.17) is 0 Å². The normalized spacial score (nSPS) is 10.8. The van der Waals surface area contributed by atoms with Gasteiger partial charge in [0.15, 0.2) is 0 Å². The van der Waals surface area contributed by atoms with Crippen molar-refractivity contribution in [1.29, 1.82) is 0 Å². The lowest BCUT2D eigenvalue weighted by Gasteiger charge is -2.00. The third-order valence-corrected chi connectivity index (χ3v) is 1.12. The van der Waals surface area contributed by atoms with E-state index in [9.17, 15) is 14.0 Å². The molecule has 0 saturated carbocycles. The fraction of sp³-hybridized carbons (Fsp3) is 0.500. The van der Waals surface area contributed by atoms with Crippen LogP contribution >= 0.6 is 0 Å². The van der Waals surface area contributed by atoms with Gasteiger partial charge in [0.2, 0.25) is 0 Å². The van der Waals surface area contributed by atoms with Crippen molar-refractivity contribution in [2.75, 3.05) is 13.7 Å². The predicted molar refractivity (Wildman–Crippen MR) is 42.5 cm³/mol. The molecule has 0 N–H and O–H groups in total. The second-order valence-corrected chi connectivity index (χ2v) is 2.13. The third kappa shape index (κ3) is 4.95. The summed E-state index contributed by atoms with van der Waals surface area (Å²) in [4.78, 5) is 21.0. The van der Waals surface area contributed by atoms with Gasteiger partial charge in [-0.2, -0.15) is 0 Å². The molecule has 13 heavy (non-hydrogen) atoms. The molecule has 4 nitrogen and oxygen atoms in total. The number of hydrogen-bond donors (Lipinski definition) is 0. The van der Waals surface area contributed by atoms with Crippen molar-refractivity contribution in [1.82, 2.24) is 0 Å². The lowest BCUT2D eigenvalue weighted by molar-refractivity contribution is -0.165. The van der Waals surface area contributed by atoms with Crippen LogP contribution < -0.4 is 0 Å². The molecule has 0 heterocycles. The zero-order valence-corrected chi connectivity index (χ0v) is 7.50. The highest BCUT2D eigenvalue weighted by Gasteiger charge is 2.15. The molecule has 0 radical (unpaired) electrons. The Labute approximate surface area is 75.3 Å². The van der Waals surface area contributed by atoms with Gasteiger partial charge in [-0.05, 0) is 12.5 Å². The van der Waals surface area contributed by atoms with Crippen LogP contribution in [0, 0.1) is 0 Å². The molecule has 0 unspecified atom stereocenters. The molecule has 0 amide bonds. The van der Waals surface area contributed by atoms with Gasteiger partial charge >= 0.3 is 11.9 Å². The summed E-state index contributed by atoms with van der Waals surface area (Å²) < 4.78 is 20.9. The molecule has 0 aromatic heterocycles. The van der Waals surface area contributed by atoms with Crippen LogP contribution in [-0.4, -0.2) is 25.7 Å².